The van der Waals surface area contributed by atoms with Crippen LogP contribution < -0.4 is 16.0 Å². The van der Waals surface area contributed by atoms with E-state index in [1.807, 2.05) is 6.07 Å². The van der Waals surface area contributed by atoms with Gasteiger partial charge in [0.15, 0.2) is 0 Å². The third kappa shape index (κ3) is 2.56. The van der Waals surface area contributed by atoms with Gasteiger partial charge in [-0.25, -0.2) is 10.8 Å². The van der Waals surface area contributed by atoms with Gasteiger partial charge in [0.2, 0.25) is 5.88 Å². The Kier molecular flexibility index (Phi) is 3.00. The van der Waals surface area contributed by atoms with Crippen LogP contribution in [0.4, 0.5) is 5.82 Å². The van der Waals surface area contributed by atoms with E-state index in [9.17, 15) is 0 Å². The number of aryl methyl sites for hydroxylation is 2. The van der Waals surface area contributed by atoms with E-state index in [-0.39, 0.29) is 0 Å². The molecule has 0 amide bonds. The van der Waals surface area contributed by atoms with Crippen LogP contribution in [-0.4, -0.2) is 9.97 Å². The minimum atomic E-state index is 0.459. The Bertz CT molecular complexity index is 682. The number of nitrogens with zero attached hydrogens (tertiary/aromatic N) is 2. The zero-order valence-corrected chi connectivity index (χ0v) is 11.8. The first kappa shape index (κ1) is 12.6. The lowest BCUT2D eigenvalue weighted by atomic mass is 10.1. The van der Waals surface area contributed by atoms with Gasteiger partial charge in [-0.2, -0.15) is 4.98 Å². The van der Waals surface area contributed by atoms with Gasteiger partial charge in [0.25, 0.3) is 0 Å². The number of nitrogens with one attached hydrogen (secondary N) is 1. The Labute approximate surface area is 123 Å². The van der Waals surface area contributed by atoms with E-state index in [2.05, 4.69) is 27.5 Å². The summed E-state index contributed by atoms with van der Waals surface area (Å²) in [4.78, 5) is 8.89. The van der Waals surface area contributed by atoms with Crippen molar-refractivity contribution < 1.29 is 4.74 Å². The summed E-state index contributed by atoms with van der Waals surface area (Å²) < 4.78 is 5.92. The molecule has 0 bridgehead atoms. The van der Waals surface area contributed by atoms with Gasteiger partial charge in [-0.3, -0.25) is 0 Å². The van der Waals surface area contributed by atoms with E-state index in [1.54, 1.807) is 6.07 Å². The van der Waals surface area contributed by atoms with Crippen LogP contribution in [0, 0.1) is 0 Å². The lowest BCUT2D eigenvalue weighted by molar-refractivity contribution is 0.458. The van der Waals surface area contributed by atoms with Gasteiger partial charge in [0.1, 0.15) is 17.4 Å². The Morgan fingerprint density at radius 1 is 1.10 bits per heavy atom. The van der Waals surface area contributed by atoms with Crippen molar-refractivity contribution >= 4 is 5.82 Å². The lowest BCUT2D eigenvalue weighted by Crippen LogP contribution is -2.10. The Morgan fingerprint density at radius 3 is 2.76 bits per heavy atom. The maximum atomic E-state index is 5.92. The average molecular weight is 282 g/mol. The van der Waals surface area contributed by atoms with Crippen molar-refractivity contribution in [2.45, 2.75) is 38.0 Å². The largest absolute Gasteiger partial charge is 0.439 e. The highest BCUT2D eigenvalue weighted by atomic mass is 16.5. The molecule has 0 atom stereocenters. The van der Waals surface area contributed by atoms with Gasteiger partial charge < -0.3 is 10.2 Å². The van der Waals surface area contributed by atoms with Crippen molar-refractivity contribution in [3.05, 3.63) is 41.2 Å². The summed E-state index contributed by atoms with van der Waals surface area (Å²) in [7, 11) is 0. The molecule has 4 rings (SSSR count). The van der Waals surface area contributed by atoms with E-state index in [0.717, 1.165) is 30.8 Å². The Hall–Kier alpha value is -2.14. The SMILES string of the molecule is NNc1cc(Oc2ccc3c(c2)CCC3)nc(C2CC2)n1. The number of nitrogen functional groups attached to an aromatic ring is 1. The van der Waals surface area contributed by atoms with Crippen molar-refractivity contribution in [3.63, 3.8) is 0 Å². The fraction of sp³-hybridized carbons (Fsp3) is 0.375. The third-order valence-corrected chi connectivity index (χ3v) is 4.10. The molecule has 1 aromatic heterocycles. The summed E-state index contributed by atoms with van der Waals surface area (Å²) in [5, 5.41) is 0. The highest BCUT2D eigenvalue weighted by molar-refractivity contribution is 5.42. The number of rotatable bonds is 4. The summed E-state index contributed by atoms with van der Waals surface area (Å²) in [6.45, 7) is 0. The van der Waals surface area contributed by atoms with Gasteiger partial charge in [-0.1, -0.05) is 6.07 Å². The molecule has 0 saturated heterocycles. The molecule has 0 aliphatic heterocycles. The number of anilines is 1. The molecular weight excluding hydrogens is 264 g/mol. The smallest absolute Gasteiger partial charge is 0.224 e. The van der Waals surface area contributed by atoms with Crippen LogP contribution in [0.25, 0.3) is 0 Å². The zero-order valence-electron chi connectivity index (χ0n) is 11.8. The van der Waals surface area contributed by atoms with Crippen molar-refractivity contribution in [1.29, 1.82) is 0 Å². The highest BCUT2D eigenvalue weighted by Gasteiger charge is 2.27. The number of aromatic nitrogens is 2. The first-order valence-corrected chi connectivity index (χ1v) is 7.47. The van der Waals surface area contributed by atoms with E-state index in [0.29, 0.717) is 17.6 Å². The van der Waals surface area contributed by atoms with E-state index in [4.69, 9.17) is 10.6 Å². The number of hydrogen-bond acceptors (Lipinski definition) is 5. The number of nitrogens with two attached hydrogens (primary N) is 1. The van der Waals surface area contributed by atoms with E-state index in [1.165, 1.54) is 24.0 Å². The van der Waals surface area contributed by atoms with Crippen molar-refractivity contribution in [2.75, 3.05) is 5.43 Å². The molecule has 5 heteroatoms. The molecule has 2 aromatic rings. The predicted octanol–water partition coefficient (Wildman–Crippen LogP) is 2.92. The Balaban J connectivity index is 1.62. The number of hydrazine groups is 1. The summed E-state index contributed by atoms with van der Waals surface area (Å²) in [6.07, 6.45) is 5.84. The molecule has 0 radical (unpaired) electrons. The zero-order chi connectivity index (χ0) is 14.2. The van der Waals surface area contributed by atoms with Gasteiger partial charge >= 0.3 is 0 Å². The third-order valence-electron chi connectivity index (χ3n) is 4.10. The van der Waals surface area contributed by atoms with Gasteiger partial charge in [0, 0.05) is 12.0 Å². The van der Waals surface area contributed by atoms with Crippen LogP contribution in [0.5, 0.6) is 11.6 Å². The quantitative estimate of drug-likeness (QED) is 0.666. The molecule has 2 aliphatic rings. The topological polar surface area (TPSA) is 73.1 Å². The molecular formula is C16H18N4O. The second-order valence-corrected chi connectivity index (χ2v) is 5.75. The second-order valence-electron chi connectivity index (χ2n) is 5.75. The maximum absolute atomic E-state index is 5.92. The molecule has 108 valence electrons. The fourth-order valence-electron chi connectivity index (χ4n) is 2.83. The first-order chi connectivity index (χ1) is 10.3. The first-order valence-electron chi connectivity index (χ1n) is 7.47. The molecule has 2 aliphatic carbocycles. The molecule has 1 fully saturated rings. The highest BCUT2D eigenvalue weighted by Crippen LogP contribution is 2.39. The molecule has 5 nitrogen and oxygen atoms in total. The minimum Gasteiger partial charge on any atom is -0.439 e. The summed E-state index contributed by atoms with van der Waals surface area (Å²) >= 11 is 0. The molecule has 0 spiro atoms. The van der Waals surface area contributed by atoms with Crippen LogP contribution in [0.1, 0.15) is 42.1 Å². The molecule has 0 unspecified atom stereocenters. The second kappa shape index (κ2) is 5.00. The summed E-state index contributed by atoms with van der Waals surface area (Å²) in [5.41, 5.74) is 5.41. The number of fused-ring (bicyclic) bond motifs is 1. The average Bonchev–Trinajstić information content (AvgIpc) is 3.25. The van der Waals surface area contributed by atoms with Crippen LogP contribution in [0.3, 0.4) is 0 Å². The normalized spacial score (nSPS) is 16.6. The van der Waals surface area contributed by atoms with Gasteiger partial charge in [-0.05, 0) is 55.4 Å². The summed E-state index contributed by atoms with van der Waals surface area (Å²) in [5.74, 6) is 8.75. The molecule has 3 N–H and O–H groups in total. The lowest BCUT2D eigenvalue weighted by Gasteiger charge is -2.09. The minimum absolute atomic E-state index is 0.459. The fourth-order valence-corrected chi connectivity index (χ4v) is 2.83. The van der Waals surface area contributed by atoms with Crippen molar-refractivity contribution in [2.24, 2.45) is 5.84 Å². The molecule has 1 saturated carbocycles. The van der Waals surface area contributed by atoms with Crippen molar-refractivity contribution in [3.8, 4) is 11.6 Å². The molecule has 1 aromatic carbocycles. The molecule has 21 heavy (non-hydrogen) atoms. The number of benzene rings is 1. The predicted molar refractivity (Wildman–Crippen MR) is 80.4 cm³/mol. The van der Waals surface area contributed by atoms with E-state index >= 15 is 0 Å². The standard InChI is InChI=1S/C16H18N4O/c17-20-14-9-15(19-16(18-14)11-4-5-11)21-13-7-6-10-2-1-3-12(10)8-13/h6-9,11H,1-5,17H2,(H,18,19,20). The monoisotopic (exact) mass is 282 g/mol. The van der Waals surface area contributed by atoms with E-state index < -0.39 is 0 Å². The van der Waals surface area contributed by atoms with Crippen LogP contribution in [0.2, 0.25) is 0 Å². The number of hydrogen-bond donors (Lipinski definition) is 2. The van der Waals surface area contributed by atoms with Gasteiger partial charge in [0.05, 0.1) is 0 Å². The number of ether oxygens (including phenoxy) is 1. The van der Waals surface area contributed by atoms with Gasteiger partial charge in [-0.15, -0.1) is 0 Å². The van der Waals surface area contributed by atoms with Crippen molar-refractivity contribution in [1.82, 2.24) is 9.97 Å². The summed E-state index contributed by atoms with van der Waals surface area (Å²) in [6, 6.07) is 8.03. The maximum Gasteiger partial charge on any atom is 0.224 e. The van der Waals surface area contributed by atoms with Crippen LogP contribution >= 0.6 is 0 Å². The van der Waals surface area contributed by atoms with Crippen LogP contribution in [-0.2, 0) is 12.8 Å². The van der Waals surface area contributed by atoms with Crippen LogP contribution in [0.15, 0.2) is 24.3 Å². The Morgan fingerprint density at radius 2 is 1.95 bits per heavy atom. The molecule has 1 heterocycles.